The summed E-state index contributed by atoms with van der Waals surface area (Å²) in [5.74, 6) is 1.28. The smallest absolute Gasteiger partial charge is 0.231 e. The van der Waals surface area contributed by atoms with E-state index in [1.54, 1.807) is 12.2 Å². The van der Waals surface area contributed by atoms with Crippen LogP contribution in [0.25, 0.3) is 28.1 Å². The van der Waals surface area contributed by atoms with Gasteiger partial charge in [0, 0.05) is 21.7 Å². The minimum absolute atomic E-state index is 0.113. The third kappa shape index (κ3) is 3.66. The van der Waals surface area contributed by atoms with Crippen LogP contribution in [0.4, 0.5) is 0 Å². The second-order valence-corrected chi connectivity index (χ2v) is 7.72. The Kier molecular flexibility index (Phi) is 4.92. The number of para-hydroxylation sites is 1. The normalized spacial score (nSPS) is 12.6. The summed E-state index contributed by atoms with van der Waals surface area (Å²) in [5, 5.41) is 1.57. The molecule has 0 saturated carbocycles. The molecule has 1 aliphatic rings. The zero-order valence-corrected chi connectivity index (χ0v) is 17.5. The van der Waals surface area contributed by atoms with Crippen molar-refractivity contribution in [1.29, 1.82) is 0 Å². The Morgan fingerprint density at radius 1 is 1.00 bits per heavy atom. The van der Waals surface area contributed by atoms with Crippen LogP contribution in [0.5, 0.6) is 11.5 Å². The number of benzene rings is 3. The number of fused-ring (bicyclic) bond motifs is 2. The fourth-order valence-electron chi connectivity index (χ4n) is 3.82. The van der Waals surface area contributed by atoms with E-state index in [-0.39, 0.29) is 12.6 Å². The summed E-state index contributed by atoms with van der Waals surface area (Å²) in [7, 11) is 0. The lowest BCUT2D eigenvalue weighted by atomic mass is 9.92. The van der Waals surface area contributed by atoms with Gasteiger partial charge in [-0.25, -0.2) is 0 Å². The summed E-state index contributed by atoms with van der Waals surface area (Å²) in [6.45, 7) is 2.08. The SMILES string of the molecule is Cc1nc2ccccc2c(-c2ccc(Cl)cc2)c1C(=O)/C=C\c1ccc2c(c1)OCO2. The van der Waals surface area contributed by atoms with Crippen LogP contribution in [0.2, 0.25) is 5.02 Å². The minimum Gasteiger partial charge on any atom is -0.454 e. The number of ketones is 1. The van der Waals surface area contributed by atoms with E-state index in [4.69, 9.17) is 21.1 Å². The molecule has 152 valence electrons. The maximum atomic E-state index is 13.4. The number of carbonyl (C=O) groups excluding carboxylic acids is 1. The fraction of sp³-hybridized carbons (Fsp3) is 0.0769. The largest absolute Gasteiger partial charge is 0.454 e. The van der Waals surface area contributed by atoms with Crippen LogP contribution in [0.15, 0.2) is 72.8 Å². The molecule has 0 spiro atoms. The van der Waals surface area contributed by atoms with Crippen molar-refractivity contribution in [2.75, 3.05) is 6.79 Å². The Morgan fingerprint density at radius 3 is 2.61 bits per heavy atom. The van der Waals surface area contributed by atoms with Crippen molar-refractivity contribution in [2.45, 2.75) is 6.92 Å². The maximum absolute atomic E-state index is 13.4. The Morgan fingerprint density at radius 2 is 1.77 bits per heavy atom. The predicted octanol–water partition coefficient (Wildman–Crippen LogP) is 6.49. The van der Waals surface area contributed by atoms with Crippen molar-refractivity contribution in [3.05, 3.63) is 94.6 Å². The number of halogens is 1. The molecule has 1 aromatic heterocycles. The summed E-state index contributed by atoms with van der Waals surface area (Å²) >= 11 is 6.10. The van der Waals surface area contributed by atoms with Crippen LogP contribution in [0.3, 0.4) is 0 Å². The summed E-state index contributed by atoms with van der Waals surface area (Å²) in [6, 6.07) is 21.0. The molecule has 0 amide bonds. The summed E-state index contributed by atoms with van der Waals surface area (Å²) in [5.41, 5.74) is 4.76. The van der Waals surface area contributed by atoms with Crippen molar-refractivity contribution in [2.24, 2.45) is 0 Å². The average molecular weight is 428 g/mol. The number of hydrogen-bond acceptors (Lipinski definition) is 4. The molecule has 5 heteroatoms. The fourth-order valence-corrected chi connectivity index (χ4v) is 3.95. The molecule has 0 atom stereocenters. The monoisotopic (exact) mass is 427 g/mol. The zero-order valence-electron chi connectivity index (χ0n) is 16.8. The molecule has 4 aromatic rings. The van der Waals surface area contributed by atoms with E-state index in [1.807, 2.05) is 73.7 Å². The van der Waals surface area contributed by atoms with E-state index in [2.05, 4.69) is 4.98 Å². The van der Waals surface area contributed by atoms with Gasteiger partial charge in [0.05, 0.1) is 11.1 Å². The molecular formula is C26H18ClNO3. The first-order valence-corrected chi connectivity index (χ1v) is 10.3. The van der Waals surface area contributed by atoms with Gasteiger partial charge in [-0.05, 0) is 54.5 Å². The molecule has 0 saturated heterocycles. The van der Waals surface area contributed by atoms with Gasteiger partial charge in [-0.1, -0.05) is 54.1 Å². The van der Waals surface area contributed by atoms with Crippen LogP contribution in [0.1, 0.15) is 21.6 Å². The molecule has 0 fully saturated rings. The number of aryl methyl sites for hydroxylation is 1. The van der Waals surface area contributed by atoms with Crippen molar-refractivity contribution < 1.29 is 14.3 Å². The second kappa shape index (κ2) is 7.89. The molecule has 0 aliphatic carbocycles. The molecule has 0 unspecified atom stereocenters. The molecule has 2 heterocycles. The van der Waals surface area contributed by atoms with Gasteiger partial charge in [0.25, 0.3) is 0 Å². The third-order valence-corrected chi connectivity index (χ3v) is 5.53. The third-order valence-electron chi connectivity index (χ3n) is 5.28. The average Bonchev–Trinajstić information content (AvgIpc) is 3.25. The Hall–Kier alpha value is -3.63. The summed E-state index contributed by atoms with van der Waals surface area (Å²) in [6.07, 6.45) is 3.36. The lowest BCUT2D eigenvalue weighted by Gasteiger charge is -2.14. The van der Waals surface area contributed by atoms with Gasteiger partial charge in [-0.15, -0.1) is 0 Å². The van der Waals surface area contributed by atoms with Crippen molar-refractivity contribution in [1.82, 2.24) is 4.98 Å². The van der Waals surface area contributed by atoms with E-state index >= 15 is 0 Å². The van der Waals surface area contributed by atoms with Gasteiger partial charge >= 0.3 is 0 Å². The number of pyridine rings is 1. The van der Waals surface area contributed by atoms with Crippen LogP contribution in [0, 0.1) is 6.92 Å². The molecule has 0 radical (unpaired) electrons. The van der Waals surface area contributed by atoms with Crippen molar-refractivity contribution >= 4 is 34.4 Å². The lowest BCUT2D eigenvalue weighted by molar-refractivity contribution is 0.104. The highest BCUT2D eigenvalue weighted by atomic mass is 35.5. The van der Waals surface area contributed by atoms with Crippen LogP contribution >= 0.6 is 11.6 Å². The van der Waals surface area contributed by atoms with Crippen molar-refractivity contribution in [3.63, 3.8) is 0 Å². The first-order valence-electron chi connectivity index (χ1n) is 9.87. The van der Waals surface area contributed by atoms with Crippen LogP contribution < -0.4 is 9.47 Å². The van der Waals surface area contributed by atoms with E-state index < -0.39 is 0 Å². The molecular weight excluding hydrogens is 410 g/mol. The molecule has 5 rings (SSSR count). The quantitative estimate of drug-likeness (QED) is 0.276. The molecule has 1 aliphatic heterocycles. The number of carbonyl (C=O) groups is 1. The lowest BCUT2D eigenvalue weighted by Crippen LogP contribution is -2.05. The topological polar surface area (TPSA) is 48.4 Å². The van der Waals surface area contributed by atoms with Gasteiger partial charge in [0.2, 0.25) is 6.79 Å². The number of allylic oxidation sites excluding steroid dienone is 1. The number of ether oxygens (including phenoxy) is 2. The van der Waals surface area contributed by atoms with Gasteiger partial charge in [-0.2, -0.15) is 0 Å². The van der Waals surface area contributed by atoms with Crippen LogP contribution in [-0.2, 0) is 0 Å². The van der Waals surface area contributed by atoms with E-state index in [9.17, 15) is 4.79 Å². The standard InChI is InChI=1S/C26H18ClNO3/c1-16-25(22(29)12-6-17-7-13-23-24(14-17)31-15-30-23)26(18-8-10-19(27)11-9-18)20-4-2-3-5-21(20)28-16/h2-14H,15H2,1H3/b12-6-. The molecule has 31 heavy (non-hydrogen) atoms. The minimum atomic E-state index is -0.113. The van der Waals surface area contributed by atoms with E-state index in [0.29, 0.717) is 27.8 Å². The number of hydrogen-bond donors (Lipinski definition) is 0. The van der Waals surface area contributed by atoms with Crippen molar-refractivity contribution in [3.8, 4) is 22.6 Å². The molecule has 0 N–H and O–H groups in total. The second-order valence-electron chi connectivity index (χ2n) is 7.28. The number of aromatic nitrogens is 1. The van der Waals surface area contributed by atoms with Gasteiger partial charge in [-0.3, -0.25) is 9.78 Å². The predicted molar refractivity (Wildman–Crippen MR) is 123 cm³/mol. The molecule has 3 aromatic carbocycles. The Bertz CT molecular complexity index is 1340. The zero-order chi connectivity index (χ0) is 21.4. The highest BCUT2D eigenvalue weighted by molar-refractivity contribution is 6.30. The van der Waals surface area contributed by atoms with Gasteiger partial charge in [0.15, 0.2) is 17.3 Å². The van der Waals surface area contributed by atoms with E-state index in [0.717, 1.165) is 27.6 Å². The highest BCUT2D eigenvalue weighted by Gasteiger charge is 2.19. The summed E-state index contributed by atoms with van der Waals surface area (Å²) in [4.78, 5) is 18.1. The number of rotatable bonds is 4. The van der Waals surface area contributed by atoms with E-state index in [1.165, 1.54) is 0 Å². The van der Waals surface area contributed by atoms with Gasteiger partial charge in [0.1, 0.15) is 0 Å². The number of nitrogens with zero attached hydrogens (tertiary/aromatic N) is 1. The van der Waals surface area contributed by atoms with Gasteiger partial charge < -0.3 is 9.47 Å². The molecule has 0 bridgehead atoms. The summed E-state index contributed by atoms with van der Waals surface area (Å²) < 4.78 is 10.8. The Balaban J connectivity index is 1.61. The molecule has 4 nitrogen and oxygen atoms in total. The first kappa shape index (κ1) is 19.3. The maximum Gasteiger partial charge on any atom is 0.231 e. The Labute approximate surface area is 184 Å². The first-order chi connectivity index (χ1) is 15.1. The van der Waals surface area contributed by atoms with Crippen LogP contribution in [-0.4, -0.2) is 17.6 Å². The highest BCUT2D eigenvalue weighted by Crippen LogP contribution is 2.35.